The molecule has 0 aliphatic rings. The van der Waals surface area contributed by atoms with Crippen molar-refractivity contribution in [3.05, 3.63) is 46.4 Å². The maximum Gasteiger partial charge on any atom is 1.00 e. The van der Waals surface area contributed by atoms with Gasteiger partial charge >= 0.3 is 35.7 Å². The summed E-state index contributed by atoms with van der Waals surface area (Å²) >= 11 is 0. The van der Waals surface area contributed by atoms with E-state index in [9.17, 15) is 26.4 Å². The summed E-state index contributed by atoms with van der Waals surface area (Å²) in [4.78, 5) is 10.6. The van der Waals surface area contributed by atoms with Gasteiger partial charge in [0.25, 0.3) is 0 Å². The second kappa shape index (κ2) is 8.55. The third-order valence-corrected chi connectivity index (χ3v) is 4.57. The van der Waals surface area contributed by atoms with Crippen LogP contribution in [0.3, 0.4) is 0 Å². The predicted octanol–water partition coefficient (Wildman–Crippen LogP) is 0.456. The van der Waals surface area contributed by atoms with Crippen LogP contribution in [0.15, 0.2) is 35.2 Å². The van der Waals surface area contributed by atoms with Crippen molar-refractivity contribution in [2.75, 3.05) is 0 Å². The molecule has 0 saturated heterocycles. The Morgan fingerprint density at radius 3 is 2.27 bits per heavy atom. The Morgan fingerprint density at radius 1 is 1.23 bits per heavy atom. The Morgan fingerprint density at radius 2 is 1.81 bits per heavy atom. The number of halogens is 3. The number of hydrogen-bond acceptors (Lipinski definition) is 4. The monoisotopic (exact) mass is 397 g/mol. The number of benzene rings is 1. The van der Waals surface area contributed by atoms with E-state index < -0.39 is 27.8 Å². The van der Waals surface area contributed by atoms with Crippen LogP contribution in [0.1, 0.15) is 31.7 Å². The summed E-state index contributed by atoms with van der Waals surface area (Å²) < 4.78 is 66.5. The molecule has 2 rings (SSSR count). The van der Waals surface area contributed by atoms with Crippen LogP contribution in [-0.2, 0) is 27.4 Å². The molecule has 0 N–H and O–H groups in total. The first-order valence-electron chi connectivity index (χ1n) is 7.29. The standard InChI is InChI=1S/C15H16F3N3O3S.Na/c1-3-4-12-9-14(15(16,17)18)19-21(12)11-5-7-13(8-6-11)25(23,24)20-10(2)22;/h5-9H,3-4H2,1-2H3,(H,20,22);/q;+1/p-1. The summed E-state index contributed by atoms with van der Waals surface area (Å²) in [7, 11) is -4.13. The number of carbonyl (C=O) groups is 1. The zero-order valence-electron chi connectivity index (χ0n) is 14.4. The molecule has 2 aromatic rings. The number of hydrogen-bond donors (Lipinski definition) is 0. The summed E-state index contributed by atoms with van der Waals surface area (Å²) in [6.45, 7) is 2.83. The van der Waals surface area contributed by atoms with Crippen molar-refractivity contribution in [3.8, 4) is 5.69 Å². The van der Waals surface area contributed by atoms with E-state index in [1.165, 1.54) is 24.3 Å². The number of aromatic nitrogens is 2. The summed E-state index contributed by atoms with van der Waals surface area (Å²) in [6.07, 6.45) is -3.58. The SMILES string of the molecule is CCCc1cc(C(F)(F)F)nn1-c1ccc(S(=O)(=O)[N-]C(C)=O)cc1.[Na+]. The van der Waals surface area contributed by atoms with E-state index in [2.05, 4.69) is 9.82 Å². The van der Waals surface area contributed by atoms with Gasteiger partial charge in [0.1, 0.15) is 10.0 Å². The largest absolute Gasteiger partial charge is 1.00 e. The van der Waals surface area contributed by atoms with Crippen molar-refractivity contribution >= 4 is 15.9 Å². The third-order valence-electron chi connectivity index (χ3n) is 3.21. The second-order valence-electron chi connectivity index (χ2n) is 5.26. The van der Waals surface area contributed by atoms with E-state index in [4.69, 9.17) is 0 Å². The van der Waals surface area contributed by atoms with E-state index in [0.717, 1.165) is 17.7 Å². The van der Waals surface area contributed by atoms with Crippen molar-refractivity contribution in [2.45, 2.75) is 37.8 Å². The van der Waals surface area contributed by atoms with Crippen LogP contribution in [0.25, 0.3) is 10.4 Å². The Labute approximate surface area is 171 Å². The van der Waals surface area contributed by atoms with Gasteiger partial charge in [0, 0.05) is 5.69 Å². The van der Waals surface area contributed by atoms with Crippen molar-refractivity contribution in [1.29, 1.82) is 0 Å². The molecule has 1 aromatic heterocycles. The Kier molecular flexibility index (Phi) is 7.46. The average Bonchev–Trinajstić information content (AvgIpc) is 2.91. The number of alkyl halides is 3. The van der Waals surface area contributed by atoms with Crippen LogP contribution in [0.2, 0.25) is 0 Å². The number of rotatable bonds is 5. The maximum atomic E-state index is 12.9. The molecule has 0 aliphatic heterocycles. The fourth-order valence-corrected chi connectivity index (χ4v) is 3.12. The van der Waals surface area contributed by atoms with Gasteiger partial charge in [0.2, 0.25) is 0 Å². The Bertz CT molecular complexity index is 878. The molecule has 136 valence electrons. The van der Waals surface area contributed by atoms with Gasteiger partial charge in [-0.25, -0.2) is 13.1 Å². The van der Waals surface area contributed by atoms with Crippen molar-refractivity contribution < 1.29 is 55.9 Å². The molecule has 11 heteroatoms. The zero-order valence-corrected chi connectivity index (χ0v) is 17.2. The molecular formula is C15H15F3N3NaO3S. The van der Waals surface area contributed by atoms with Gasteiger partial charge in [-0.05, 0) is 43.7 Å². The molecule has 1 amide bonds. The normalized spacial score (nSPS) is 11.7. The van der Waals surface area contributed by atoms with Crippen molar-refractivity contribution in [2.24, 2.45) is 0 Å². The fourth-order valence-electron chi connectivity index (χ4n) is 2.20. The number of nitrogens with zero attached hydrogens (tertiary/aromatic N) is 3. The second-order valence-corrected chi connectivity index (χ2v) is 6.86. The van der Waals surface area contributed by atoms with Gasteiger partial charge < -0.3 is 9.52 Å². The molecule has 0 spiro atoms. The average molecular weight is 397 g/mol. The van der Waals surface area contributed by atoms with Gasteiger partial charge in [-0.3, -0.25) is 0 Å². The first-order chi connectivity index (χ1) is 11.5. The molecule has 1 aromatic carbocycles. The molecule has 0 fully saturated rings. The minimum atomic E-state index is -4.57. The van der Waals surface area contributed by atoms with Gasteiger partial charge in [0.05, 0.1) is 16.5 Å². The molecule has 0 aliphatic carbocycles. The fraction of sp³-hybridized carbons (Fsp3) is 0.333. The third kappa shape index (κ3) is 5.32. The molecule has 0 unspecified atom stereocenters. The van der Waals surface area contributed by atoms with E-state index in [0.29, 0.717) is 18.5 Å². The molecule has 1 heterocycles. The predicted molar refractivity (Wildman–Crippen MR) is 83.8 cm³/mol. The van der Waals surface area contributed by atoms with Gasteiger partial charge in [-0.15, -0.1) is 0 Å². The van der Waals surface area contributed by atoms with Crippen LogP contribution in [0.4, 0.5) is 13.2 Å². The molecule has 0 bridgehead atoms. The smallest absolute Gasteiger partial charge is 0.542 e. The minimum absolute atomic E-state index is 0. The minimum Gasteiger partial charge on any atom is -0.542 e. The number of carbonyl (C=O) groups excluding carboxylic acids is 1. The molecule has 0 saturated carbocycles. The van der Waals surface area contributed by atoms with Crippen molar-refractivity contribution in [1.82, 2.24) is 9.78 Å². The molecule has 0 radical (unpaired) electrons. The molecular weight excluding hydrogens is 382 g/mol. The first kappa shape index (κ1) is 22.7. The van der Waals surface area contributed by atoms with Crippen LogP contribution in [-0.4, -0.2) is 24.1 Å². The van der Waals surface area contributed by atoms with Crippen LogP contribution < -0.4 is 29.6 Å². The molecule has 26 heavy (non-hydrogen) atoms. The van der Waals surface area contributed by atoms with Gasteiger partial charge in [0.15, 0.2) is 5.69 Å². The number of amides is 1. The number of aryl methyl sites for hydroxylation is 1. The summed E-state index contributed by atoms with van der Waals surface area (Å²) in [5.74, 6) is -0.865. The van der Waals surface area contributed by atoms with Crippen LogP contribution in [0, 0.1) is 0 Å². The molecule has 6 nitrogen and oxygen atoms in total. The Balaban J connectivity index is 0.00000338. The Hall–Kier alpha value is -1.36. The van der Waals surface area contributed by atoms with Crippen molar-refractivity contribution in [3.63, 3.8) is 0 Å². The maximum absolute atomic E-state index is 12.9. The summed E-state index contributed by atoms with van der Waals surface area (Å²) in [5, 5.41) is 3.58. The first-order valence-corrected chi connectivity index (χ1v) is 8.73. The van der Waals surface area contributed by atoms with Crippen LogP contribution >= 0.6 is 0 Å². The van der Waals surface area contributed by atoms with E-state index in [1.807, 2.05) is 6.92 Å². The summed E-state index contributed by atoms with van der Waals surface area (Å²) in [6, 6.07) is 5.94. The zero-order chi connectivity index (χ0) is 18.8. The topological polar surface area (TPSA) is 83.1 Å². The quantitative estimate of drug-likeness (QED) is 0.687. The van der Waals surface area contributed by atoms with Gasteiger partial charge in [-0.2, -0.15) is 18.3 Å². The van der Waals surface area contributed by atoms with Gasteiger partial charge in [-0.1, -0.05) is 13.3 Å². The summed E-state index contributed by atoms with van der Waals surface area (Å²) in [5.41, 5.74) is -0.376. The van der Waals surface area contributed by atoms with E-state index in [-0.39, 0.29) is 40.1 Å². The number of sulfonamides is 1. The molecule has 0 atom stereocenters. The van der Waals surface area contributed by atoms with E-state index >= 15 is 0 Å². The van der Waals surface area contributed by atoms with Crippen LogP contribution in [0.5, 0.6) is 0 Å². The van der Waals surface area contributed by atoms with E-state index in [1.54, 1.807) is 0 Å².